The van der Waals surface area contributed by atoms with Crippen molar-refractivity contribution < 1.29 is 9.90 Å². The number of halogens is 1. The summed E-state index contributed by atoms with van der Waals surface area (Å²) in [4.78, 5) is 17.4. The van der Waals surface area contributed by atoms with E-state index in [-0.39, 0.29) is 24.4 Å². The van der Waals surface area contributed by atoms with Crippen molar-refractivity contribution in [2.24, 2.45) is 5.73 Å². The van der Waals surface area contributed by atoms with Gasteiger partial charge in [-0.15, -0.1) is 12.4 Å². The predicted molar refractivity (Wildman–Crippen MR) is 71.7 cm³/mol. The molecule has 1 aliphatic rings. The third-order valence-electron chi connectivity index (χ3n) is 3.06. The van der Waals surface area contributed by atoms with Gasteiger partial charge in [0.25, 0.3) is 0 Å². The number of amides is 1. The van der Waals surface area contributed by atoms with E-state index in [1.165, 1.54) is 6.33 Å². The van der Waals surface area contributed by atoms with Gasteiger partial charge >= 0.3 is 0 Å². The molecule has 0 saturated carbocycles. The van der Waals surface area contributed by atoms with Crippen LogP contribution in [0.2, 0.25) is 0 Å². The van der Waals surface area contributed by atoms with Crippen LogP contribution in [0.15, 0.2) is 12.7 Å². The molecule has 0 spiro atoms. The monoisotopic (exact) mass is 289 g/mol. The molecule has 1 amide bonds. The van der Waals surface area contributed by atoms with E-state index >= 15 is 0 Å². The molecule has 1 aromatic rings. The lowest BCUT2D eigenvalue weighted by atomic mass is 10.0. The summed E-state index contributed by atoms with van der Waals surface area (Å²) in [5.41, 5.74) is 5.78. The summed E-state index contributed by atoms with van der Waals surface area (Å²) in [7, 11) is 0. The number of β-amino-alcohol motifs (C(OH)–C–C–N with tert-alkyl or cyclic N) is 1. The van der Waals surface area contributed by atoms with Crippen LogP contribution in [-0.2, 0) is 11.3 Å². The van der Waals surface area contributed by atoms with Crippen molar-refractivity contribution in [2.45, 2.75) is 38.0 Å². The molecule has 1 fully saturated rings. The zero-order valence-electron chi connectivity index (χ0n) is 10.7. The Morgan fingerprint density at radius 1 is 1.47 bits per heavy atom. The Morgan fingerprint density at radius 3 is 2.89 bits per heavy atom. The van der Waals surface area contributed by atoms with Crippen LogP contribution in [0.25, 0.3) is 0 Å². The van der Waals surface area contributed by atoms with Gasteiger partial charge in [-0.05, 0) is 12.8 Å². The lowest BCUT2D eigenvalue weighted by molar-refractivity contribution is -0.134. The third-order valence-corrected chi connectivity index (χ3v) is 3.06. The molecule has 7 nitrogen and oxygen atoms in total. The van der Waals surface area contributed by atoms with Crippen molar-refractivity contribution in [2.75, 3.05) is 13.1 Å². The van der Waals surface area contributed by atoms with Crippen LogP contribution >= 0.6 is 12.4 Å². The molecule has 0 unspecified atom stereocenters. The number of carbonyl (C=O) groups excluding carboxylic acids is 1. The highest BCUT2D eigenvalue weighted by Crippen LogP contribution is 2.11. The molecule has 1 aromatic heterocycles. The molecular formula is C11H20ClN5O2. The number of nitrogens with zero attached hydrogens (tertiary/aromatic N) is 4. The Kier molecular flexibility index (Phi) is 6.20. The predicted octanol–water partition coefficient (Wildman–Crippen LogP) is -0.599. The standard InChI is InChI=1S/C11H19N5O2.ClH/c12-9-4-10(17)6-15(5-9)11(18)2-1-3-16-8-13-7-14-16;/h7-10,17H,1-6,12H2;1H/t9-,10+;/m0./s1. The summed E-state index contributed by atoms with van der Waals surface area (Å²) >= 11 is 0. The minimum Gasteiger partial charge on any atom is -0.391 e. The van der Waals surface area contributed by atoms with E-state index < -0.39 is 6.10 Å². The molecule has 3 N–H and O–H groups in total. The first kappa shape index (κ1) is 15.9. The molecule has 2 atom stereocenters. The molecule has 1 aliphatic heterocycles. The molecule has 1 saturated heterocycles. The summed E-state index contributed by atoms with van der Waals surface area (Å²) < 4.78 is 1.70. The second kappa shape index (κ2) is 7.42. The fourth-order valence-corrected chi connectivity index (χ4v) is 2.21. The van der Waals surface area contributed by atoms with E-state index in [2.05, 4.69) is 10.1 Å². The van der Waals surface area contributed by atoms with E-state index in [1.54, 1.807) is 15.9 Å². The zero-order chi connectivity index (χ0) is 13.0. The third kappa shape index (κ3) is 4.77. The summed E-state index contributed by atoms with van der Waals surface area (Å²) in [5, 5.41) is 13.5. The fourth-order valence-electron chi connectivity index (χ4n) is 2.21. The Balaban J connectivity index is 0.00000180. The molecule has 2 rings (SSSR count). The number of likely N-dealkylation sites (tertiary alicyclic amines) is 1. The number of aliphatic hydroxyl groups is 1. The number of aryl methyl sites for hydroxylation is 1. The van der Waals surface area contributed by atoms with Crippen LogP contribution in [0.5, 0.6) is 0 Å². The van der Waals surface area contributed by atoms with Gasteiger partial charge in [0.2, 0.25) is 5.91 Å². The van der Waals surface area contributed by atoms with Gasteiger partial charge in [-0.1, -0.05) is 0 Å². The number of hydrogen-bond donors (Lipinski definition) is 2. The van der Waals surface area contributed by atoms with E-state index in [0.29, 0.717) is 38.9 Å². The maximum atomic E-state index is 11.9. The lowest BCUT2D eigenvalue weighted by Gasteiger charge is -2.34. The summed E-state index contributed by atoms with van der Waals surface area (Å²) in [5.74, 6) is 0.0457. The van der Waals surface area contributed by atoms with E-state index in [0.717, 1.165) is 0 Å². The number of aliphatic hydroxyl groups excluding tert-OH is 1. The molecule has 0 aliphatic carbocycles. The Hall–Kier alpha value is -1.18. The Bertz CT molecular complexity index is 376. The molecule has 0 bridgehead atoms. The van der Waals surface area contributed by atoms with Gasteiger partial charge in [-0.2, -0.15) is 5.10 Å². The molecule has 2 heterocycles. The maximum Gasteiger partial charge on any atom is 0.222 e. The smallest absolute Gasteiger partial charge is 0.222 e. The number of carbonyl (C=O) groups is 1. The molecule has 19 heavy (non-hydrogen) atoms. The number of nitrogens with two attached hydrogens (primary N) is 1. The van der Waals surface area contributed by atoms with Crippen LogP contribution in [0.4, 0.5) is 0 Å². The first-order chi connectivity index (χ1) is 8.65. The van der Waals surface area contributed by atoms with Crippen molar-refractivity contribution in [3.63, 3.8) is 0 Å². The topological polar surface area (TPSA) is 97.3 Å². The number of piperidine rings is 1. The SMILES string of the molecule is Cl.N[C@H]1C[C@@H](O)CN(C(=O)CCCn2cncn2)C1. The second-order valence-corrected chi connectivity index (χ2v) is 4.71. The van der Waals surface area contributed by atoms with Crippen molar-refractivity contribution in [1.82, 2.24) is 19.7 Å². The van der Waals surface area contributed by atoms with Crippen molar-refractivity contribution >= 4 is 18.3 Å². The summed E-state index contributed by atoms with van der Waals surface area (Å²) in [6, 6.07) is -0.118. The summed E-state index contributed by atoms with van der Waals surface area (Å²) in [6.07, 6.45) is 4.34. The molecule has 0 radical (unpaired) electrons. The average molecular weight is 290 g/mol. The largest absolute Gasteiger partial charge is 0.391 e. The fraction of sp³-hybridized carbons (Fsp3) is 0.727. The van der Waals surface area contributed by atoms with Crippen molar-refractivity contribution in [1.29, 1.82) is 0 Å². The van der Waals surface area contributed by atoms with Gasteiger partial charge in [0.15, 0.2) is 0 Å². The van der Waals surface area contributed by atoms with Crippen molar-refractivity contribution in [3.8, 4) is 0 Å². The van der Waals surface area contributed by atoms with Gasteiger partial charge in [-0.25, -0.2) is 4.98 Å². The van der Waals surface area contributed by atoms with Crippen LogP contribution in [0, 0.1) is 0 Å². The molecule has 8 heteroatoms. The highest BCUT2D eigenvalue weighted by Gasteiger charge is 2.26. The van der Waals surface area contributed by atoms with Gasteiger partial charge in [0, 0.05) is 32.1 Å². The number of aromatic nitrogens is 3. The van der Waals surface area contributed by atoms with Crippen molar-refractivity contribution in [3.05, 3.63) is 12.7 Å². The van der Waals surface area contributed by atoms with Crippen LogP contribution in [-0.4, -0.2) is 55.9 Å². The first-order valence-corrected chi connectivity index (χ1v) is 6.19. The normalized spacial score (nSPS) is 22.9. The highest BCUT2D eigenvalue weighted by molar-refractivity contribution is 5.85. The quantitative estimate of drug-likeness (QED) is 0.771. The number of hydrogen-bond acceptors (Lipinski definition) is 5. The maximum absolute atomic E-state index is 11.9. The van der Waals surface area contributed by atoms with Crippen LogP contribution in [0.1, 0.15) is 19.3 Å². The molecule has 0 aromatic carbocycles. The average Bonchev–Trinajstić information content (AvgIpc) is 2.80. The van der Waals surface area contributed by atoms with Gasteiger partial charge < -0.3 is 15.7 Å². The molecule has 108 valence electrons. The van der Waals surface area contributed by atoms with Gasteiger partial charge in [0.1, 0.15) is 12.7 Å². The number of rotatable bonds is 4. The van der Waals surface area contributed by atoms with E-state index in [4.69, 9.17) is 5.73 Å². The van der Waals surface area contributed by atoms with Crippen LogP contribution < -0.4 is 5.73 Å². The van der Waals surface area contributed by atoms with E-state index in [9.17, 15) is 9.90 Å². The first-order valence-electron chi connectivity index (χ1n) is 6.19. The minimum atomic E-state index is -0.493. The minimum absolute atomic E-state index is 0. The Morgan fingerprint density at radius 2 is 2.26 bits per heavy atom. The zero-order valence-corrected chi connectivity index (χ0v) is 11.5. The van der Waals surface area contributed by atoms with Crippen LogP contribution in [0.3, 0.4) is 0 Å². The highest BCUT2D eigenvalue weighted by atomic mass is 35.5. The van der Waals surface area contributed by atoms with Gasteiger partial charge in [0.05, 0.1) is 6.10 Å². The van der Waals surface area contributed by atoms with Gasteiger partial charge in [-0.3, -0.25) is 9.48 Å². The summed E-state index contributed by atoms with van der Waals surface area (Å²) in [6.45, 7) is 1.61. The molecular weight excluding hydrogens is 270 g/mol. The second-order valence-electron chi connectivity index (χ2n) is 4.71. The Labute approximate surface area is 118 Å². The lowest BCUT2D eigenvalue weighted by Crippen LogP contribution is -2.51. The van der Waals surface area contributed by atoms with E-state index in [1.807, 2.05) is 0 Å².